The summed E-state index contributed by atoms with van der Waals surface area (Å²) in [5, 5.41) is 0.329. The van der Waals surface area contributed by atoms with Crippen molar-refractivity contribution < 1.29 is 4.43 Å². The lowest BCUT2D eigenvalue weighted by atomic mass is 10.2. The molecule has 0 amide bonds. The minimum Gasteiger partial charge on any atom is -0.417 e. The van der Waals surface area contributed by atoms with Gasteiger partial charge < -0.3 is 4.43 Å². The predicted molar refractivity (Wildman–Crippen MR) is 92.7 cm³/mol. The molecular formula is C16H34OSi2. The van der Waals surface area contributed by atoms with Gasteiger partial charge in [0.1, 0.15) is 8.07 Å². The summed E-state index contributed by atoms with van der Waals surface area (Å²) in [7, 11) is -2.69. The lowest BCUT2D eigenvalue weighted by Gasteiger charge is -2.36. The van der Waals surface area contributed by atoms with E-state index in [0.717, 1.165) is 13.0 Å². The van der Waals surface area contributed by atoms with E-state index in [1.807, 2.05) is 0 Å². The molecule has 0 rings (SSSR count). The van der Waals surface area contributed by atoms with Gasteiger partial charge in [-0.25, -0.2) is 0 Å². The molecule has 19 heavy (non-hydrogen) atoms. The standard InChI is InChI=1S/C16H34OSi2/c1-16(2,3)19(7,8)17-14-12-10-9-11-13-15-18(4,5)6/h9-12,14H2,1-8H3. The van der Waals surface area contributed by atoms with Crippen LogP contribution in [0.25, 0.3) is 0 Å². The van der Waals surface area contributed by atoms with E-state index in [-0.39, 0.29) is 0 Å². The third kappa shape index (κ3) is 9.48. The first-order chi connectivity index (χ1) is 8.46. The van der Waals surface area contributed by atoms with E-state index in [2.05, 4.69) is 65.0 Å². The largest absolute Gasteiger partial charge is 0.417 e. The summed E-state index contributed by atoms with van der Waals surface area (Å²) in [5.41, 5.74) is 3.42. The molecule has 0 fully saturated rings. The Morgan fingerprint density at radius 1 is 0.895 bits per heavy atom. The Labute approximate surface area is 123 Å². The Morgan fingerprint density at radius 3 is 1.95 bits per heavy atom. The normalized spacial score (nSPS) is 13.1. The van der Waals surface area contributed by atoms with Crippen molar-refractivity contribution in [2.45, 2.75) is 84.2 Å². The summed E-state index contributed by atoms with van der Waals surface area (Å²) < 4.78 is 6.16. The van der Waals surface area contributed by atoms with Crippen molar-refractivity contribution >= 4 is 16.4 Å². The Balaban J connectivity index is 3.70. The molecular weight excluding hydrogens is 264 g/mol. The molecule has 0 bridgehead atoms. The van der Waals surface area contributed by atoms with Crippen LogP contribution in [0.15, 0.2) is 0 Å². The van der Waals surface area contributed by atoms with Gasteiger partial charge in [0.05, 0.1) is 0 Å². The summed E-state index contributed by atoms with van der Waals surface area (Å²) >= 11 is 0. The molecule has 3 heteroatoms. The second-order valence-electron chi connectivity index (χ2n) is 7.97. The van der Waals surface area contributed by atoms with Crippen LogP contribution in [0.3, 0.4) is 0 Å². The Hall–Kier alpha value is -0.0462. The molecule has 0 aromatic rings. The zero-order valence-electron chi connectivity index (χ0n) is 14.4. The number of hydrogen-bond acceptors (Lipinski definition) is 1. The minimum absolute atomic E-state index is 0.329. The van der Waals surface area contributed by atoms with Gasteiger partial charge in [0, 0.05) is 13.0 Å². The molecule has 0 atom stereocenters. The van der Waals surface area contributed by atoms with Crippen LogP contribution in [-0.4, -0.2) is 23.0 Å². The van der Waals surface area contributed by atoms with E-state index in [1.54, 1.807) is 0 Å². The summed E-state index contributed by atoms with van der Waals surface area (Å²) in [4.78, 5) is 0. The molecule has 0 saturated carbocycles. The molecule has 0 aromatic carbocycles. The molecule has 0 radical (unpaired) electrons. The fraction of sp³-hybridized carbons (Fsp3) is 0.875. The van der Waals surface area contributed by atoms with E-state index in [1.165, 1.54) is 19.3 Å². The molecule has 0 saturated heterocycles. The van der Waals surface area contributed by atoms with Gasteiger partial charge in [-0.2, -0.15) is 0 Å². The SMILES string of the molecule is CC(C)(C)[Si](C)(C)OCCCCCC#C[Si](C)(C)C. The maximum Gasteiger partial charge on any atom is 0.191 e. The average Bonchev–Trinajstić information content (AvgIpc) is 2.18. The molecule has 1 nitrogen and oxygen atoms in total. The van der Waals surface area contributed by atoms with Gasteiger partial charge in [0.2, 0.25) is 0 Å². The summed E-state index contributed by atoms with van der Waals surface area (Å²) in [6.45, 7) is 19.4. The van der Waals surface area contributed by atoms with Crippen LogP contribution in [0.1, 0.15) is 46.5 Å². The quantitative estimate of drug-likeness (QED) is 0.360. The summed E-state index contributed by atoms with van der Waals surface area (Å²) in [6, 6.07) is 0. The predicted octanol–water partition coefficient (Wildman–Crippen LogP) is 5.45. The highest BCUT2D eigenvalue weighted by atomic mass is 28.4. The van der Waals surface area contributed by atoms with Crippen LogP contribution in [0.5, 0.6) is 0 Å². The molecule has 0 aromatic heterocycles. The Bertz CT molecular complexity index is 310. The highest BCUT2D eigenvalue weighted by Crippen LogP contribution is 2.36. The van der Waals surface area contributed by atoms with Crippen molar-refractivity contribution in [3.8, 4) is 11.5 Å². The van der Waals surface area contributed by atoms with Gasteiger partial charge in [0.25, 0.3) is 0 Å². The van der Waals surface area contributed by atoms with Crippen LogP contribution in [0.4, 0.5) is 0 Å². The summed E-state index contributed by atoms with van der Waals surface area (Å²) in [6.07, 6.45) is 4.71. The van der Waals surface area contributed by atoms with E-state index in [4.69, 9.17) is 4.43 Å². The molecule has 0 unspecified atom stereocenters. The molecule has 112 valence electrons. The smallest absolute Gasteiger partial charge is 0.191 e. The maximum atomic E-state index is 6.16. The van der Waals surface area contributed by atoms with E-state index in [9.17, 15) is 0 Å². The number of rotatable bonds is 6. The Kier molecular flexibility index (Phi) is 7.64. The van der Waals surface area contributed by atoms with E-state index in [0.29, 0.717) is 5.04 Å². The second-order valence-corrected chi connectivity index (χ2v) is 17.5. The van der Waals surface area contributed by atoms with E-state index >= 15 is 0 Å². The number of hydrogen-bond donors (Lipinski definition) is 0. The minimum atomic E-state index is -1.53. The zero-order valence-corrected chi connectivity index (χ0v) is 16.4. The van der Waals surface area contributed by atoms with Crippen molar-refractivity contribution in [3.63, 3.8) is 0 Å². The van der Waals surface area contributed by atoms with Crippen molar-refractivity contribution in [2.24, 2.45) is 0 Å². The monoisotopic (exact) mass is 298 g/mol. The van der Waals surface area contributed by atoms with Gasteiger partial charge in [-0.05, 0) is 31.0 Å². The van der Waals surface area contributed by atoms with Crippen LogP contribution >= 0.6 is 0 Å². The molecule has 0 N–H and O–H groups in total. The van der Waals surface area contributed by atoms with Gasteiger partial charge in [-0.3, -0.25) is 0 Å². The molecule has 0 aliphatic carbocycles. The van der Waals surface area contributed by atoms with Gasteiger partial charge in [-0.1, -0.05) is 46.8 Å². The van der Waals surface area contributed by atoms with Gasteiger partial charge in [-0.15, -0.1) is 11.5 Å². The highest BCUT2D eigenvalue weighted by Gasteiger charge is 2.36. The van der Waals surface area contributed by atoms with E-state index < -0.39 is 16.4 Å². The van der Waals surface area contributed by atoms with Gasteiger partial charge in [0.15, 0.2) is 8.32 Å². The molecule has 0 aliphatic rings. The van der Waals surface area contributed by atoms with Crippen LogP contribution < -0.4 is 0 Å². The lowest BCUT2D eigenvalue weighted by Crippen LogP contribution is -2.40. The zero-order chi connectivity index (χ0) is 15.2. The molecule has 0 aliphatic heterocycles. The van der Waals surface area contributed by atoms with Crippen LogP contribution in [0, 0.1) is 11.5 Å². The lowest BCUT2D eigenvalue weighted by molar-refractivity contribution is 0.278. The number of unbranched alkanes of at least 4 members (excludes halogenated alkanes) is 3. The topological polar surface area (TPSA) is 9.23 Å². The first-order valence-electron chi connectivity index (χ1n) is 7.60. The third-order valence-electron chi connectivity index (χ3n) is 3.68. The summed E-state index contributed by atoms with van der Waals surface area (Å²) in [5.74, 6) is 3.34. The average molecular weight is 299 g/mol. The van der Waals surface area contributed by atoms with Crippen molar-refractivity contribution in [1.29, 1.82) is 0 Å². The fourth-order valence-corrected chi connectivity index (χ4v) is 3.11. The first-order valence-corrected chi connectivity index (χ1v) is 14.0. The highest BCUT2D eigenvalue weighted by molar-refractivity contribution is 6.83. The van der Waals surface area contributed by atoms with Crippen molar-refractivity contribution in [3.05, 3.63) is 0 Å². The maximum absolute atomic E-state index is 6.16. The third-order valence-corrected chi connectivity index (χ3v) is 9.14. The van der Waals surface area contributed by atoms with Gasteiger partial charge >= 0.3 is 0 Å². The second kappa shape index (κ2) is 7.66. The molecule has 0 spiro atoms. The molecule has 0 heterocycles. The Morgan fingerprint density at radius 2 is 1.47 bits per heavy atom. The van der Waals surface area contributed by atoms with Crippen LogP contribution in [-0.2, 0) is 4.43 Å². The fourth-order valence-electron chi connectivity index (χ4n) is 1.36. The van der Waals surface area contributed by atoms with Crippen molar-refractivity contribution in [1.82, 2.24) is 0 Å². The van der Waals surface area contributed by atoms with Crippen molar-refractivity contribution in [2.75, 3.05) is 6.61 Å². The van der Waals surface area contributed by atoms with Crippen LogP contribution in [0.2, 0.25) is 37.8 Å². The first kappa shape index (κ1) is 19.0.